The van der Waals surface area contributed by atoms with Gasteiger partial charge in [0.05, 0.1) is 5.37 Å². The Morgan fingerprint density at radius 1 is 1.00 bits per heavy atom. The van der Waals surface area contributed by atoms with Crippen molar-refractivity contribution >= 4 is 34.8 Å². The molecule has 15 heavy (non-hydrogen) atoms. The topological polar surface area (TPSA) is 3.24 Å². The average molecular weight is 244 g/mol. The molecule has 0 bridgehead atoms. The molecule has 0 aliphatic rings. The number of rotatable bonds is 9. The molecule has 0 amide bonds. The lowest BCUT2D eigenvalue weighted by Crippen LogP contribution is -2.32. The molecule has 0 aromatic heterocycles. The van der Waals surface area contributed by atoms with Gasteiger partial charge < -0.3 is 4.90 Å². The fraction of sp³-hybridized carbons (Fsp3) is 0.833. The van der Waals surface area contributed by atoms with Gasteiger partial charge in [0.25, 0.3) is 0 Å². The molecule has 87 valence electrons. The first-order valence-corrected chi connectivity index (χ1v) is 6.75. The summed E-state index contributed by atoms with van der Waals surface area (Å²) < 4.78 is 0. The first-order valence-electron chi connectivity index (χ1n) is 5.93. The molecule has 1 nitrogen and oxygen atoms in total. The molecule has 0 aliphatic heterocycles. The zero-order valence-corrected chi connectivity index (χ0v) is 11.6. The van der Waals surface area contributed by atoms with E-state index in [9.17, 15) is 0 Å². The van der Waals surface area contributed by atoms with Gasteiger partial charge in [0.2, 0.25) is 0 Å². The highest BCUT2D eigenvalue weighted by atomic mass is 32.1. The van der Waals surface area contributed by atoms with Gasteiger partial charge in [-0.3, -0.25) is 0 Å². The average Bonchev–Trinajstić information content (AvgIpc) is 2.26. The minimum Gasteiger partial charge on any atom is -0.362 e. The molecule has 3 heteroatoms. The molecule has 0 aromatic rings. The van der Waals surface area contributed by atoms with E-state index in [1.165, 1.54) is 38.5 Å². The third-order valence-electron chi connectivity index (χ3n) is 2.44. The van der Waals surface area contributed by atoms with E-state index in [1.54, 1.807) is 0 Å². The third-order valence-corrected chi connectivity index (χ3v) is 3.12. The van der Waals surface area contributed by atoms with Gasteiger partial charge in [0, 0.05) is 13.1 Å². The highest BCUT2D eigenvalue weighted by molar-refractivity contribution is 7.87. The second-order valence-electron chi connectivity index (χ2n) is 3.81. The number of hydrogen-bond donors (Lipinski definition) is 0. The first-order chi connectivity index (χ1) is 7.26. The van der Waals surface area contributed by atoms with Crippen LogP contribution in [0.25, 0.3) is 0 Å². The monoisotopic (exact) mass is 244 g/mol. The van der Waals surface area contributed by atoms with E-state index in [2.05, 4.69) is 24.1 Å². The molecule has 0 saturated heterocycles. The molecule has 0 N–H and O–H groups in total. The van der Waals surface area contributed by atoms with Crippen LogP contribution >= 0.6 is 24.4 Å². The lowest BCUT2D eigenvalue weighted by Gasteiger charge is -2.22. The predicted octanol–water partition coefficient (Wildman–Crippen LogP) is 3.87. The summed E-state index contributed by atoms with van der Waals surface area (Å²) in [5.74, 6) is 0. The van der Waals surface area contributed by atoms with Gasteiger partial charge in [0.15, 0.2) is 0 Å². The second kappa shape index (κ2) is 10.5. The van der Waals surface area contributed by atoms with Crippen molar-refractivity contribution < 1.29 is 0 Å². The van der Waals surface area contributed by atoms with E-state index in [0.29, 0.717) is 0 Å². The summed E-state index contributed by atoms with van der Waals surface area (Å²) in [7, 11) is 0. The van der Waals surface area contributed by atoms with E-state index in [1.807, 2.05) is 0 Å². The van der Waals surface area contributed by atoms with Crippen LogP contribution in [-0.4, -0.2) is 28.3 Å². The molecular formula is C12H22NS2. The summed E-state index contributed by atoms with van der Waals surface area (Å²) in [6, 6.07) is 0. The van der Waals surface area contributed by atoms with Crippen molar-refractivity contribution in [2.45, 2.75) is 52.4 Å². The van der Waals surface area contributed by atoms with Crippen LogP contribution in [0.3, 0.4) is 0 Å². The fourth-order valence-electron chi connectivity index (χ4n) is 1.48. The smallest absolute Gasteiger partial charge is 0.121 e. The Hall–Kier alpha value is -0.0200. The standard InChI is InChI=1S/C12H22NS2/c1-3-5-7-9-13(12(15)11-14)10-8-6-4-2/h3-10H2,1-2H3. The van der Waals surface area contributed by atoms with Gasteiger partial charge >= 0.3 is 0 Å². The third kappa shape index (κ3) is 7.86. The molecule has 0 heterocycles. The molecule has 0 aromatic carbocycles. The van der Waals surface area contributed by atoms with Gasteiger partial charge in [-0.05, 0) is 12.8 Å². The number of unbranched alkanes of at least 4 members (excludes halogenated alkanes) is 4. The Balaban J connectivity index is 3.84. The van der Waals surface area contributed by atoms with E-state index < -0.39 is 0 Å². The number of thiocarbonyl (C=S) groups is 2. The molecule has 0 spiro atoms. The number of hydrogen-bond acceptors (Lipinski definition) is 2. The zero-order valence-electron chi connectivity index (χ0n) is 9.92. The van der Waals surface area contributed by atoms with Crippen molar-refractivity contribution in [1.82, 2.24) is 4.90 Å². The summed E-state index contributed by atoms with van der Waals surface area (Å²) in [6.07, 6.45) is 7.45. The van der Waals surface area contributed by atoms with Crippen molar-refractivity contribution in [2.24, 2.45) is 0 Å². The highest BCUT2D eigenvalue weighted by Gasteiger charge is 2.06. The summed E-state index contributed by atoms with van der Waals surface area (Å²) in [6.45, 7) is 6.51. The van der Waals surface area contributed by atoms with E-state index >= 15 is 0 Å². The summed E-state index contributed by atoms with van der Waals surface area (Å²) >= 11 is 9.96. The number of nitrogens with zero attached hydrogens (tertiary/aromatic N) is 1. The Kier molecular flexibility index (Phi) is 10.5. The van der Waals surface area contributed by atoms with Crippen LogP contribution < -0.4 is 0 Å². The van der Waals surface area contributed by atoms with Gasteiger partial charge in [-0.2, -0.15) is 0 Å². The van der Waals surface area contributed by atoms with Crippen LogP contribution in [0.5, 0.6) is 0 Å². The summed E-state index contributed by atoms with van der Waals surface area (Å²) in [4.78, 5) is 2.92. The van der Waals surface area contributed by atoms with Crippen molar-refractivity contribution in [2.75, 3.05) is 13.1 Å². The largest absolute Gasteiger partial charge is 0.362 e. The van der Waals surface area contributed by atoms with E-state index in [-0.39, 0.29) is 0 Å². The normalized spacial score (nSPS) is 10.0. The molecule has 0 unspecified atom stereocenters. The highest BCUT2D eigenvalue weighted by Crippen LogP contribution is 2.03. The minimum absolute atomic E-state index is 0.720. The minimum atomic E-state index is 0.720. The summed E-state index contributed by atoms with van der Waals surface area (Å²) in [5.41, 5.74) is 0. The molecule has 0 rings (SSSR count). The Morgan fingerprint density at radius 3 is 1.80 bits per heavy atom. The van der Waals surface area contributed by atoms with Crippen LogP contribution in [0.1, 0.15) is 52.4 Å². The maximum Gasteiger partial charge on any atom is 0.121 e. The maximum absolute atomic E-state index is 5.19. The quantitative estimate of drug-likeness (QED) is 0.448. The first kappa shape index (κ1) is 15.0. The van der Waals surface area contributed by atoms with Crippen LogP contribution in [0.4, 0.5) is 0 Å². The van der Waals surface area contributed by atoms with Crippen molar-refractivity contribution in [3.8, 4) is 0 Å². The second-order valence-corrected chi connectivity index (χ2v) is 4.40. The molecule has 0 saturated carbocycles. The van der Waals surface area contributed by atoms with Gasteiger partial charge in [0.1, 0.15) is 4.99 Å². The zero-order chi connectivity index (χ0) is 11.5. The Morgan fingerprint density at radius 2 is 1.47 bits per heavy atom. The van der Waals surface area contributed by atoms with Crippen molar-refractivity contribution in [3.63, 3.8) is 0 Å². The van der Waals surface area contributed by atoms with Crippen LogP contribution in [0, 0.1) is 0 Å². The van der Waals surface area contributed by atoms with Gasteiger partial charge in [-0.15, -0.1) is 0 Å². The SMILES string of the molecule is CCCCCN(CCCCC)C(=S)[C]=S. The van der Waals surface area contributed by atoms with Crippen LogP contribution in [-0.2, 0) is 0 Å². The Labute approximate surface area is 105 Å². The van der Waals surface area contributed by atoms with Crippen molar-refractivity contribution in [3.05, 3.63) is 0 Å². The van der Waals surface area contributed by atoms with Crippen molar-refractivity contribution in [1.29, 1.82) is 0 Å². The molecule has 0 atom stereocenters. The van der Waals surface area contributed by atoms with Gasteiger partial charge in [-0.25, -0.2) is 0 Å². The fourth-order valence-corrected chi connectivity index (χ4v) is 1.80. The van der Waals surface area contributed by atoms with Crippen LogP contribution in [0.15, 0.2) is 0 Å². The lowest BCUT2D eigenvalue weighted by atomic mass is 10.2. The lowest BCUT2D eigenvalue weighted by molar-refractivity contribution is 0.400. The van der Waals surface area contributed by atoms with Gasteiger partial charge in [-0.1, -0.05) is 64.0 Å². The van der Waals surface area contributed by atoms with Crippen LogP contribution in [0.2, 0.25) is 0 Å². The molecule has 1 radical (unpaired) electrons. The molecule has 0 fully saturated rings. The Bertz CT molecular complexity index is 170. The predicted molar refractivity (Wildman–Crippen MR) is 75.8 cm³/mol. The summed E-state index contributed by atoms with van der Waals surface area (Å²) in [5, 5.41) is 2.66. The maximum atomic E-state index is 5.19. The molecule has 0 aliphatic carbocycles. The molecular weight excluding hydrogens is 222 g/mol. The van der Waals surface area contributed by atoms with E-state index in [0.717, 1.165) is 18.1 Å². The van der Waals surface area contributed by atoms with E-state index in [4.69, 9.17) is 24.4 Å².